The quantitative estimate of drug-likeness (QED) is 0.807. The number of hydrogen-bond donors (Lipinski definition) is 1. The number of halogens is 1. The van der Waals surface area contributed by atoms with Crippen LogP contribution in [0.4, 0.5) is 0 Å². The van der Waals surface area contributed by atoms with Gasteiger partial charge < -0.3 is 10.2 Å². The minimum Gasteiger partial charge on any atom is -0.339 e. The summed E-state index contributed by atoms with van der Waals surface area (Å²) < 4.78 is 1.16. The summed E-state index contributed by atoms with van der Waals surface area (Å²) >= 11 is 2.29. The van der Waals surface area contributed by atoms with Gasteiger partial charge in [-0.05, 0) is 86.0 Å². The van der Waals surface area contributed by atoms with Crippen molar-refractivity contribution < 1.29 is 4.79 Å². The van der Waals surface area contributed by atoms with Gasteiger partial charge in [-0.25, -0.2) is 0 Å². The van der Waals surface area contributed by atoms with E-state index in [2.05, 4.69) is 34.8 Å². The Morgan fingerprint density at radius 3 is 2.70 bits per heavy atom. The maximum atomic E-state index is 12.5. The maximum absolute atomic E-state index is 12.5. The van der Waals surface area contributed by atoms with Crippen LogP contribution in [0.5, 0.6) is 0 Å². The van der Waals surface area contributed by atoms with E-state index in [1.54, 1.807) is 0 Å². The van der Waals surface area contributed by atoms with Crippen molar-refractivity contribution in [3.05, 3.63) is 32.9 Å². The number of nitrogens with zero attached hydrogens (tertiary/aromatic N) is 1. The van der Waals surface area contributed by atoms with Crippen LogP contribution in [0, 0.1) is 16.4 Å². The van der Waals surface area contributed by atoms with Crippen molar-refractivity contribution >= 4 is 28.5 Å². The summed E-state index contributed by atoms with van der Waals surface area (Å²) in [6.45, 7) is 4.95. The van der Waals surface area contributed by atoms with E-state index in [0.717, 1.165) is 47.5 Å². The molecular formula is C16H23IN2O. The van der Waals surface area contributed by atoms with Crippen LogP contribution in [0.15, 0.2) is 18.2 Å². The highest BCUT2D eigenvalue weighted by Gasteiger charge is 2.23. The molecular weight excluding hydrogens is 363 g/mol. The molecule has 0 aliphatic carbocycles. The van der Waals surface area contributed by atoms with Crippen LogP contribution in [0.3, 0.4) is 0 Å². The Labute approximate surface area is 135 Å². The van der Waals surface area contributed by atoms with Crippen LogP contribution < -0.4 is 5.32 Å². The monoisotopic (exact) mass is 386 g/mol. The van der Waals surface area contributed by atoms with E-state index in [4.69, 9.17) is 0 Å². The molecule has 1 saturated heterocycles. The molecule has 3 nitrogen and oxygen atoms in total. The van der Waals surface area contributed by atoms with Crippen LogP contribution in [0.2, 0.25) is 0 Å². The Morgan fingerprint density at radius 2 is 2.10 bits per heavy atom. The SMILES string of the molecule is CNCCC1CCN(C(=O)c2ccc(C)c(I)c2)CC1. The summed E-state index contributed by atoms with van der Waals surface area (Å²) in [7, 11) is 2.00. The minimum absolute atomic E-state index is 0.190. The second-order valence-electron chi connectivity index (χ2n) is 5.59. The van der Waals surface area contributed by atoms with Gasteiger partial charge in [-0.2, -0.15) is 0 Å². The normalized spacial score (nSPS) is 16.4. The zero-order valence-electron chi connectivity index (χ0n) is 12.3. The van der Waals surface area contributed by atoms with E-state index in [1.165, 1.54) is 12.0 Å². The summed E-state index contributed by atoms with van der Waals surface area (Å²) in [6, 6.07) is 5.99. The first-order valence-corrected chi connectivity index (χ1v) is 8.39. The number of hydrogen-bond acceptors (Lipinski definition) is 2. The van der Waals surface area contributed by atoms with Gasteiger partial charge in [0.2, 0.25) is 0 Å². The Balaban J connectivity index is 1.92. The predicted molar refractivity (Wildman–Crippen MR) is 91.1 cm³/mol. The van der Waals surface area contributed by atoms with Crippen LogP contribution in [0.25, 0.3) is 0 Å². The van der Waals surface area contributed by atoms with Crippen LogP contribution >= 0.6 is 22.6 Å². The molecule has 0 unspecified atom stereocenters. The van der Waals surface area contributed by atoms with Gasteiger partial charge in [0.1, 0.15) is 0 Å². The molecule has 1 N–H and O–H groups in total. The zero-order chi connectivity index (χ0) is 14.5. The molecule has 1 fully saturated rings. The van der Waals surface area contributed by atoms with Gasteiger partial charge in [-0.1, -0.05) is 6.07 Å². The molecule has 0 bridgehead atoms. The van der Waals surface area contributed by atoms with Crippen molar-refractivity contribution in [3.63, 3.8) is 0 Å². The van der Waals surface area contributed by atoms with Crippen molar-refractivity contribution in [2.75, 3.05) is 26.7 Å². The molecule has 0 aromatic heterocycles. The second kappa shape index (κ2) is 7.41. The lowest BCUT2D eigenvalue weighted by Crippen LogP contribution is -2.39. The topological polar surface area (TPSA) is 32.3 Å². The third-order valence-corrected chi connectivity index (χ3v) is 5.29. The molecule has 20 heavy (non-hydrogen) atoms. The first-order valence-electron chi connectivity index (χ1n) is 7.32. The number of carbonyl (C=O) groups excluding carboxylic acids is 1. The molecule has 1 aliphatic rings. The van der Waals surface area contributed by atoms with E-state index >= 15 is 0 Å². The largest absolute Gasteiger partial charge is 0.339 e. The fraction of sp³-hybridized carbons (Fsp3) is 0.562. The average molecular weight is 386 g/mol. The minimum atomic E-state index is 0.190. The van der Waals surface area contributed by atoms with Gasteiger partial charge in [0.15, 0.2) is 0 Å². The number of piperidine rings is 1. The Bertz CT molecular complexity index is 468. The summed E-state index contributed by atoms with van der Waals surface area (Å²) in [4.78, 5) is 14.5. The standard InChI is InChI=1S/C16H23IN2O/c1-12-3-4-14(11-15(12)17)16(20)19-9-6-13(7-10-19)5-8-18-2/h3-4,11,13,18H,5-10H2,1-2H3. The molecule has 1 aromatic carbocycles. The van der Waals surface area contributed by atoms with Crippen molar-refractivity contribution in [2.45, 2.75) is 26.2 Å². The third kappa shape index (κ3) is 3.95. The fourth-order valence-corrected chi connectivity index (χ4v) is 3.20. The predicted octanol–water partition coefficient (Wildman–Crippen LogP) is 3.06. The van der Waals surface area contributed by atoms with Crippen LogP contribution in [-0.4, -0.2) is 37.5 Å². The summed E-state index contributed by atoms with van der Waals surface area (Å²) in [5.74, 6) is 0.958. The van der Waals surface area contributed by atoms with Gasteiger partial charge in [0.05, 0.1) is 0 Å². The average Bonchev–Trinajstić information content (AvgIpc) is 2.48. The number of nitrogens with one attached hydrogen (secondary N) is 1. The first kappa shape index (κ1) is 15.8. The molecule has 0 spiro atoms. The number of likely N-dealkylation sites (tertiary alicyclic amines) is 1. The Hall–Kier alpha value is -0.620. The molecule has 1 aromatic rings. The van der Waals surface area contributed by atoms with Crippen LogP contribution in [0.1, 0.15) is 35.2 Å². The number of amides is 1. The van der Waals surface area contributed by atoms with E-state index in [-0.39, 0.29) is 5.91 Å². The first-order chi connectivity index (χ1) is 9.61. The van der Waals surface area contributed by atoms with Gasteiger partial charge in [0.25, 0.3) is 5.91 Å². The highest BCUT2D eigenvalue weighted by Crippen LogP contribution is 2.22. The lowest BCUT2D eigenvalue weighted by Gasteiger charge is -2.32. The summed E-state index contributed by atoms with van der Waals surface area (Å²) in [5, 5.41) is 3.20. The van der Waals surface area contributed by atoms with E-state index < -0.39 is 0 Å². The molecule has 110 valence electrons. The fourth-order valence-electron chi connectivity index (χ4n) is 2.68. The van der Waals surface area contributed by atoms with Gasteiger partial charge in [-0.15, -0.1) is 0 Å². The van der Waals surface area contributed by atoms with E-state index in [0.29, 0.717) is 0 Å². The second-order valence-corrected chi connectivity index (χ2v) is 6.75. The third-order valence-electron chi connectivity index (χ3n) is 4.12. The number of benzene rings is 1. The van der Waals surface area contributed by atoms with Gasteiger partial charge >= 0.3 is 0 Å². The maximum Gasteiger partial charge on any atom is 0.253 e. The Morgan fingerprint density at radius 1 is 1.40 bits per heavy atom. The van der Waals surface area contributed by atoms with E-state index in [9.17, 15) is 4.79 Å². The Kier molecular flexibility index (Phi) is 5.84. The molecule has 4 heteroatoms. The molecule has 0 atom stereocenters. The molecule has 1 aliphatic heterocycles. The molecule has 1 heterocycles. The molecule has 2 rings (SSSR count). The molecule has 0 saturated carbocycles. The van der Waals surface area contributed by atoms with Crippen LogP contribution in [-0.2, 0) is 0 Å². The lowest BCUT2D eigenvalue weighted by atomic mass is 9.93. The van der Waals surface area contributed by atoms with Crippen molar-refractivity contribution in [3.8, 4) is 0 Å². The van der Waals surface area contributed by atoms with Gasteiger partial charge in [0, 0.05) is 22.2 Å². The number of rotatable bonds is 4. The highest BCUT2D eigenvalue weighted by atomic mass is 127. The van der Waals surface area contributed by atoms with E-state index in [1.807, 2.05) is 30.1 Å². The molecule has 1 amide bonds. The van der Waals surface area contributed by atoms with Crippen molar-refractivity contribution in [2.24, 2.45) is 5.92 Å². The number of carbonyl (C=O) groups is 1. The lowest BCUT2D eigenvalue weighted by molar-refractivity contribution is 0.0687. The smallest absolute Gasteiger partial charge is 0.253 e. The van der Waals surface area contributed by atoms with Crippen molar-refractivity contribution in [1.29, 1.82) is 0 Å². The zero-order valence-corrected chi connectivity index (χ0v) is 14.4. The highest BCUT2D eigenvalue weighted by molar-refractivity contribution is 14.1. The van der Waals surface area contributed by atoms with Gasteiger partial charge in [-0.3, -0.25) is 4.79 Å². The number of aryl methyl sites for hydroxylation is 1. The van der Waals surface area contributed by atoms with Crippen molar-refractivity contribution in [1.82, 2.24) is 10.2 Å². The summed E-state index contributed by atoms with van der Waals surface area (Å²) in [6.07, 6.45) is 3.49. The summed E-state index contributed by atoms with van der Waals surface area (Å²) in [5.41, 5.74) is 2.06. The molecule has 0 radical (unpaired) electrons.